The van der Waals surface area contributed by atoms with Gasteiger partial charge in [-0.3, -0.25) is 5.43 Å². The van der Waals surface area contributed by atoms with Gasteiger partial charge >= 0.3 is 0 Å². The number of halogens is 1. The molecule has 4 heteroatoms. The van der Waals surface area contributed by atoms with E-state index >= 15 is 0 Å². The molecule has 1 N–H and O–H groups in total. The van der Waals surface area contributed by atoms with E-state index in [0.29, 0.717) is 0 Å². The van der Waals surface area contributed by atoms with Crippen LogP contribution in [0, 0.1) is 0 Å². The Bertz CT molecular complexity index is 551. The van der Waals surface area contributed by atoms with Gasteiger partial charge < -0.3 is 0 Å². The van der Waals surface area contributed by atoms with Crippen LogP contribution in [0.4, 0.5) is 0 Å². The number of nitrogens with zero attached hydrogens (tertiary/aromatic N) is 2. The molecule has 3 nitrogen and oxygen atoms in total. The molecule has 0 saturated heterocycles. The van der Waals surface area contributed by atoms with Crippen molar-refractivity contribution < 1.29 is 0 Å². The van der Waals surface area contributed by atoms with E-state index in [-0.39, 0.29) is 12.1 Å². The molecule has 2 aromatic rings. The molecule has 2 aromatic carbocycles. The largest absolute Gasteiger partial charge is 0.282 e. The lowest BCUT2D eigenvalue weighted by atomic mass is 9.95. The molecule has 1 aliphatic heterocycles. The molecule has 0 spiro atoms. The summed E-state index contributed by atoms with van der Waals surface area (Å²) < 4.78 is 0. The molecule has 1 heterocycles. The van der Waals surface area contributed by atoms with E-state index in [1.807, 2.05) is 42.5 Å². The lowest BCUT2D eigenvalue weighted by molar-refractivity contribution is 0.551. The fourth-order valence-corrected chi connectivity index (χ4v) is 2.26. The van der Waals surface area contributed by atoms with Crippen molar-refractivity contribution >= 4 is 11.6 Å². The summed E-state index contributed by atoms with van der Waals surface area (Å²) in [5.41, 5.74) is 5.35. The first-order valence-corrected chi connectivity index (χ1v) is 6.18. The second-order valence-electron chi connectivity index (χ2n) is 4.23. The van der Waals surface area contributed by atoms with Crippen molar-refractivity contribution in [3.63, 3.8) is 0 Å². The quantitative estimate of drug-likeness (QED) is 0.864. The molecule has 0 fully saturated rings. The predicted octanol–water partition coefficient (Wildman–Crippen LogP) is 4.09. The van der Waals surface area contributed by atoms with Crippen LogP contribution in [0.15, 0.2) is 64.9 Å². The van der Waals surface area contributed by atoms with Crippen LogP contribution in [-0.2, 0) is 0 Å². The molecule has 18 heavy (non-hydrogen) atoms. The number of rotatable bonds is 2. The van der Waals surface area contributed by atoms with Crippen molar-refractivity contribution in [3.05, 3.63) is 70.7 Å². The third-order valence-corrected chi connectivity index (χ3v) is 3.32. The molecule has 0 aromatic heterocycles. The average Bonchev–Trinajstić information content (AvgIpc) is 2.90. The maximum Gasteiger partial charge on any atom is 0.124 e. The summed E-state index contributed by atoms with van der Waals surface area (Å²) in [5.74, 6) is 0. The number of hydrogen-bond acceptors (Lipinski definition) is 3. The second kappa shape index (κ2) is 4.78. The topological polar surface area (TPSA) is 36.8 Å². The van der Waals surface area contributed by atoms with Crippen molar-refractivity contribution in [1.29, 1.82) is 0 Å². The Morgan fingerprint density at radius 3 is 2.33 bits per heavy atom. The molecule has 90 valence electrons. The van der Waals surface area contributed by atoms with Gasteiger partial charge in [0.1, 0.15) is 6.04 Å². The third kappa shape index (κ3) is 2.09. The van der Waals surface area contributed by atoms with E-state index in [9.17, 15) is 0 Å². The molecule has 0 amide bonds. The highest BCUT2D eigenvalue weighted by Crippen LogP contribution is 2.36. The molecule has 2 unspecified atom stereocenters. The first-order valence-electron chi connectivity index (χ1n) is 5.80. The number of nitrogens with one attached hydrogen (secondary N) is 1. The van der Waals surface area contributed by atoms with Gasteiger partial charge in [-0.05, 0) is 23.3 Å². The van der Waals surface area contributed by atoms with E-state index in [1.165, 1.54) is 0 Å². The van der Waals surface area contributed by atoms with Crippen molar-refractivity contribution in [1.82, 2.24) is 5.43 Å². The van der Waals surface area contributed by atoms with Gasteiger partial charge in [0.05, 0.1) is 6.04 Å². The lowest BCUT2D eigenvalue weighted by Crippen LogP contribution is -2.16. The van der Waals surface area contributed by atoms with Gasteiger partial charge in [0.25, 0.3) is 0 Å². The lowest BCUT2D eigenvalue weighted by Gasteiger charge is -2.17. The second-order valence-corrected chi connectivity index (χ2v) is 4.67. The summed E-state index contributed by atoms with van der Waals surface area (Å²) in [5, 5.41) is 8.97. The van der Waals surface area contributed by atoms with Gasteiger partial charge in [-0.15, -0.1) is 0 Å². The van der Waals surface area contributed by atoms with Crippen molar-refractivity contribution in [3.8, 4) is 0 Å². The Morgan fingerprint density at radius 1 is 0.889 bits per heavy atom. The summed E-state index contributed by atoms with van der Waals surface area (Å²) in [6.07, 6.45) is 0. The minimum Gasteiger partial charge on any atom is -0.282 e. The first kappa shape index (κ1) is 11.2. The summed E-state index contributed by atoms with van der Waals surface area (Å²) in [4.78, 5) is 0. The van der Waals surface area contributed by atoms with Crippen molar-refractivity contribution in [2.24, 2.45) is 10.3 Å². The standard InChI is InChI=1S/C14H12ClN3/c15-12-8-6-11(7-9-12)14-13(16-18-17-14)10-4-2-1-3-5-10/h1-9,13-14H,(H,16,17). The SMILES string of the molecule is Clc1ccc(C2NN=NC2c2ccccc2)cc1. The Kier molecular flexibility index (Phi) is 2.99. The van der Waals surface area contributed by atoms with Gasteiger partial charge in [-0.2, -0.15) is 5.11 Å². The zero-order chi connectivity index (χ0) is 12.4. The molecule has 0 radical (unpaired) electrons. The highest BCUT2D eigenvalue weighted by Gasteiger charge is 2.28. The van der Waals surface area contributed by atoms with Gasteiger partial charge in [0, 0.05) is 5.02 Å². The van der Waals surface area contributed by atoms with E-state index < -0.39 is 0 Å². The Morgan fingerprint density at radius 2 is 1.61 bits per heavy atom. The molecule has 1 aliphatic rings. The van der Waals surface area contributed by atoms with E-state index in [0.717, 1.165) is 16.1 Å². The fourth-order valence-electron chi connectivity index (χ4n) is 2.13. The van der Waals surface area contributed by atoms with E-state index in [1.54, 1.807) is 0 Å². The van der Waals surface area contributed by atoms with Gasteiger partial charge in [-0.25, -0.2) is 0 Å². The van der Waals surface area contributed by atoms with Crippen LogP contribution >= 0.6 is 11.6 Å². The van der Waals surface area contributed by atoms with E-state index in [4.69, 9.17) is 11.6 Å². The van der Waals surface area contributed by atoms with Crippen LogP contribution in [0.25, 0.3) is 0 Å². The molecule has 3 rings (SSSR count). The average molecular weight is 258 g/mol. The monoisotopic (exact) mass is 257 g/mol. The summed E-state index contributed by atoms with van der Waals surface area (Å²) in [6.45, 7) is 0. The molecule has 0 aliphatic carbocycles. The van der Waals surface area contributed by atoms with Crippen molar-refractivity contribution in [2.75, 3.05) is 0 Å². The maximum atomic E-state index is 5.90. The summed E-state index contributed by atoms with van der Waals surface area (Å²) >= 11 is 5.90. The van der Waals surface area contributed by atoms with Gasteiger partial charge in [-0.1, -0.05) is 59.3 Å². The van der Waals surface area contributed by atoms with Crippen molar-refractivity contribution in [2.45, 2.75) is 12.1 Å². The highest BCUT2D eigenvalue weighted by molar-refractivity contribution is 6.30. The van der Waals surface area contributed by atoms with Gasteiger partial charge in [0.2, 0.25) is 0 Å². The van der Waals surface area contributed by atoms with Crippen LogP contribution in [0.1, 0.15) is 23.2 Å². The van der Waals surface area contributed by atoms with E-state index in [2.05, 4.69) is 27.9 Å². The zero-order valence-electron chi connectivity index (χ0n) is 9.62. The number of hydrogen-bond donors (Lipinski definition) is 1. The third-order valence-electron chi connectivity index (χ3n) is 3.06. The Hall–Kier alpha value is -1.87. The predicted molar refractivity (Wildman–Crippen MR) is 71.4 cm³/mol. The highest BCUT2D eigenvalue weighted by atomic mass is 35.5. The minimum absolute atomic E-state index is 0.0207. The normalized spacial score (nSPS) is 21.8. The van der Waals surface area contributed by atoms with Crippen LogP contribution in [-0.4, -0.2) is 0 Å². The Labute approximate surface area is 110 Å². The summed E-state index contributed by atoms with van der Waals surface area (Å²) in [6, 6.07) is 18.1. The summed E-state index contributed by atoms with van der Waals surface area (Å²) in [7, 11) is 0. The first-order chi connectivity index (χ1) is 8.84. The molecule has 2 atom stereocenters. The van der Waals surface area contributed by atoms with Crippen LogP contribution < -0.4 is 5.43 Å². The fraction of sp³-hybridized carbons (Fsp3) is 0.143. The van der Waals surface area contributed by atoms with Crippen LogP contribution in [0.5, 0.6) is 0 Å². The number of benzene rings is 2. The zero-order valence-corrected chi connectivity index (χ0v) is 10.4. The van der Waals surface area contributed by atoms with Gasteiger partial charge in [0.15, 0.2) is 0 Å². The smallest absolute Gasteiger partial charge is 0.124 e. The van der Waals surface area contributed by atoms with Crippen LogP contribution in [0.3, 0.4) is 0 Å². The molecule has 0 bridgehead atoms. The minimum atomic E-state index is 0.0207. The maximum absolute atomic E-state index is 5.90. The molecule has 0 saturated carbocycles. The Balaban J connectivity index is 1.91. The van der Waals surface area contributed by atoms with Crippen LogP contribution in [0.2, 0.25) is 5.02 Å². The molecular weight excluding hydrogens is 246 g/mol. The molecular formula is C14H12ClN3.